The van der Waals surface area contributed by atoms with E-state index in [1.54, 1.807) is 11.8 Å². The number of nitrogens with two attached hydrogens (primary N) is 3. The van der Waals surface area contributed by atoms with E-state index in [0.29, 0.717) is 45.2 Å². The molecule has 0 spiro atoms. The Morgan fingerprint density at radius 2 is 1.82 bits per heavy atom. The van der Waals surface area contributed by atoms with Gasteiger partial charge in [-0.25, -0.2) is 4.79 Å². The highest BCUT2D eigenvalue weighted by molar-refractivity contribution is 7.98. The van der Waals surface area contributed by atoms with Crippen LogP contribution in [0.15, 0.2) is 0 Å². The summed E-state index contributed by atoms with van der Waals surface area (Å²) in [5.74, 6) is -3.14. The van der Waals surface area contributed by atoms with Gasteiger partial charge in [0, 0.05) is 6.54 Å². The van der Waals surface area contributed by atoms with Gasteiger partial charge in [-0.3, -0.25) is 19.2 Å². The lowest BCUT2D eigenvalue weighted by Crippen LogP contribution is -2.56. The second-order valence-corrected chi connectivity index (χ2v) is 8.98. The average molecular weight is 489 g/mol. The van der Waals surface area contributed by atoms with Crippen LogP contribution >= 0.6 is 11.8 Å². The zero-order valence-electron chi connectivity index (χ0n) is 19.0. The van der Waals surface area contributed by atoms with Gasteiger partial charge < -0.3 is 37.8 Å². The van der Waals surface area contributed by atoms with Crippen LogP contribution in [0.4, 0.5) is 0 Å². The molecule has 0 saturated carbocycles. The molecule has 1 saturated heterocycles. The number of carbonyl (C=O) groups excluding carboxylic acids is 4. The first-order chi connectivity index (χ1) is 15.6. The molecule has 12 nitrogen and oxygen atoms in total. The van der Waals surface area contributed by atoms with Crippen molar-refractivity contribution in [1.82, 2.24) is 15.5 Å². The summed E-state index contributed by atoms with van der Waals surface area (Å²) in [7, 11) is 0. The van der Waals surface area contributed by atoms with E-state index >= 15 is 0 Å². The van der Waals surface area contributed by atoms with Crippen LogP contribution in [0.2, 0.25) is 0 Å². The number of thioether (sulfide) groups is 1. The summed E-state index contributed by atoms with van der Waals surface area (Å²) in [5, 5.41) is 14.1. The molecule has 0 aromatic carbocycles. The lowest BCUT2D eigenvalue weighted by molar-refractivity contribution is -0.144. The number of likely N-dealkylation sites (tertiary alicyclic amines) is 1. The first-order valence-corrected chi connectivity index (χ1v) is 12.4. The van der Waals surface area contributed by atoms with E-state index < -0.39 is 54.3 Å². The van der Waals surface area contributed by atoms with Gasteiger partial charge in [-0.05, 0) is 57.1 Å². The molecule has 1 aliphatic heterocycles. The van der Waals surface area contributed by atoms with Crippen molar-refractivity contribution in [3.63, 3.8) is 0 Å². The number of primary amides is 1. The number of amides is 4. The number of aliphatic carboxylic acids is 1. The van der Waals surface area contributed by atoms with Gasteiger partial charge in [-0.1, -0.05) is 0 Å². The minimum Gasteiger partial charge on any atom is -0.480 e. The number of nitrogens with one attached hydrogen (secondary N) is 2. The van der Waals surface area contributed by atoms with Crippen molar-refractivity contribution < 1.29 is 29.1 Å². The van der Waals surface area contributed by atoms with E-state index in [2.05, 4.69) is 10.6 Å². The number of carboxylic acids is 1. The fraction of sp³-hybridized carbons (Fsp3) is 0.750. The maximum Gasteiger partial charge on any atom is 0.326 e. The summed E-state index contributed by atoms with van der Waals surface area (Å²) >= 11 is 1.57. The third kappa shape index (κ3) is 9.56. The molecule has 4 unspecified atom stereocenters. The van der Waals surface area contributed by atoms with Gasteiger partial charge in [-0.2, -0.15) is 11.8 Å². The van der Waals surface area contributed by atoms with Crippen molar-refractivity contribution in [2.24, 2.45) is 17.2 Å². The Labute approximate surface area is 197 Å². The molecule has 13 heteroatoms. The Hall–Kier alpha value is -2.38. The quantitative estimate of drug-likeness (QED) is 0.142. The second kappa shape index (κ2) is 14.7. The van der Waals surface area contributed by atoms with E-state index in [-0.39, 0.29) is 12.3 Å². The van der Waals surface area contributed by atoms with Crippen LogP contribution < -0.4 is 27.8 Å². The summed E-state index contributed by atoms with van der Waals surface area (Å²) in [6, 6.07) is -4.03. The molecule has 1 fully saturated rings. The van der Waals surface area contributed by atoms with Crippen LogP contribution in [0, 0.1) is 0 Å². The molecule has 1 heterocycles. The monoisotopic (exact) mass is 488 g/mol. The molecule has 9 N–H and O–H groups in total. The van der Waals surface area contributed by atoms with Crippen molar-refractivity contribution in [1.29, 1.82) is 0 Å². The van der Waals surface area contributed by atoms with Gasteiger partial charge in [0.1, 0.15) is 18.1 Å². The average Bonchev–Trinajstić information content (AvgIpc) is 3.25. The number of hydrogen-bond acceptors (Lipinski definition) is 8. The fourth-order valence-corrected chi connectivity index (χ4v) is 4.08. The highest BCUT2D eigenvalue weighted by Gasteiger charge is 2.37. The van der Waals surface area contributed by atoms with Crippen molar-refractivity contribution in [3.8, 4) is 0 Å². The van der Waals surface area contributed by atoms with Crippen LogP contribution in [0.25, 0.3) is 0 Å². The van der Waals surface area contributed by atoms with Crippen LogP contribution in [-0.4, -0.2) is 88.9 Å². The van der Waals surface area contributed by atoms with E-state index in [1.165, 1.54) is 4.90 Å². The normalized spacial score (nSPS) is 18.3. The summed E-state index contributed by atoms with van der Waals surface area (Å²) in [5.41, 5.74) is 16.6. The molecule has 0 aliphatic carbocycles. The minimum atomic E-state index is -1.51. The molecule has 33 heavy (non-hydrogen) atoms. The number of nitrogens with zero attached hydrogens (tertiary/aromatic N) is 1. The van der Waals surface area contributed by atoms with Gasteiger partial charge in [0.2, 0.25) is 23.6 Å². The maximum atomic E-state index is 13.0. The maximum absolute atomic E-state index is 13.0. The van der Waals surface area contributed by atoms with Crippen LogP contribution in [0.3, 0.4) is 0 Å². The highest BCUT2D eigenvalue weighted by atomic mass is 32.2. The molecular weight excluding hydrogens is 452 g/mol. The number of unbranched alkanes of at least 4 members (excludes halogenated alkanes) is 1. The number of hydrogen-bond donors (Lipinski definition) is 6. The number of carbonyl (C=O) groups is 5. The second-order valence-electron chi connectivity index (χ2n) is 7.99. The summed E-state index contributed by atoms with van der Waals surface area (Å²) < 4.78 is 0. The molecule has 0 bridgehead atoms. The van der Waals surface area contributed by atoms with Crippen LogP contribution in [0.1, 0.15) is 44.9 Å². The first-order valence-electron chi connectivity index (χ1n) is 11.0. The molecular formula is C20H36N6O6S. The van der Waals surface area contributed by atoms with E-state index in [4.69, 9.17) is 17.2 Å². The molecule has 1 aliphatic rings. The molecule has 4 amide bonds. The molecule has 0 aromatic rings. The summed E-state index contributed by atoms with van der Waals surface area (Å²) in [4.78, 5) is 62.4. The van der Waals surface area contributed by atoms with Gasteiger partial charge in [-0.15, -0.1) is 0 Å². The lowest BCUT2D eigenvalue weighted by Gasteiger charge is -2.28. The van der Waals surface area contributed by atoms with Crippen LogP contribution in [-0.2, 0) is 24.0 Å². The zero-order chi connectivity index (χ0) is 25.0. The largest absolute Gasteiger partial charge is 0.480 e. The third-order valence-electron chi connectivity index (χ3n) is 5.39. The Bertz CT molecular complexity index is 709. The van der Waals surface area contributed by atoms with Crippen molar-refractivity contribution in [2.75, 3.05) is 25.1 Å². The van der Waals surface area contributed by atoms with Crippen molar-refractivity contribution in [2.45, 2.75) is 69.1 Å². The number of rotatable bonds is 15. The molecule has 1 rings (SSSR count). The standard InChI is InChI=1S/C20H36N6O6S/c1-33-10-7-12(22)19(30)26-9-4-6-15(26)18(29)24-13(5-2-3-8-21)17(28)25-14(20(31)32)11-16(23)27/h12-15H,2-11,21-22H2,1H3,(H2,23,27)(H,24,29)(H,25,28)(H,31,32). The summed E-state index contributed by atoms with van der Waals surface area (Å²) in [6.07, 6.45) is 4.21. The summed E-state index contributed by atoms with van der Waals surface area (Å²) in [6.45, 7) is 0.786. The van der Waals surface area contributed by atoms with E-state index in [0.717, 1.165) is 5.75 Å². The molecule has 0 aromatic heterocycles. The van der Waals surface area contributed by atoms with Gasteiger partial charge in [0.25, 0.3) is 0 Å². The molecule has 4 atom stereocenters. The van der Waals surface area contributed by atoms with Gasteiger partial charge in [0.05, 0.1) is 12.5 Å². The van der Waals surface area contributed by atoms with E-state index in [9.17, 15) is 29.1 Å². The molecule has 188 valence electrons. The Kier molecular flexibility index (Phi) is 12.8. The lowest BCUT2D eigenvalue weighted by atomic mass is 10.1. The zero-order valence-corrected chi connectivity index (χ0v) is 19.8. The van der Waals surface area contributed by atoms with E-state index in [1.807, 2.05) is 6.26 Å². The van der Waals surface area contributed by atoms with Gasteiger partial charge in [0.15, 0.2) is 0 Å². The van der Waals surface area contributed by atoms with Crippen molar-refractivity contribution in [3.05, 3.63) is 0 Å². The Morgan fingerprint density at radius 3 is 2.39 bits per heavy atom. The predicted octanol–water partition coefficient (Wildman–Crippen LogP) is -1.88. The smallest absolute Gasteiger partial charge is 0.326 e. The number of carboxylic acid groups (broad SMARTS) is 1. The Morgan fingerprint density at radius 1 is 1.12 bits per heavy atom. The third-order valence-corrected chi connectivity index (χ3v) is 6.03. The first kappa shape index (κ1) is 28.7. The van der Waals surface area contributed by atoms with Crippen molar-refractivity contribution >= 4 is 41.4 Å². The molecule has 0 radical (unpaired) electrons. The Balaban J connectivity index is 2.89. The topological polar surface area (TPSA) is 211 Å². The van der Waals surface area contributed by atoms with Crippen LogP contribution in [0.5, 0.6) is 0 Å². The highest BCUT2D eigenvalue weighted by Crippen LogP contribution is 2.20. The van der Waals surface area contributed by atoms with Gasteiger partial charge >= 0.3 is 5.97 Å². The minimum absolute atomic E-state index is 0.214. The predicted molar refractivity (Wildman–Crippen MR) is 124 cm³/mol. The fourth-order valence-electron chi connectivity index (χ4n) is 3.59. The SMILES string of the molecule is CSCCC(N)C(=O)N1CCCC1C(=O)NC(CCCCN)C(=O)NC(CC(N)=O)C(=O)O.